The standard InChI is InChI=1S/C16H30N4O/c1-4-17-16(18-8-7-13-21-14-15(2)3)19-9-12-20-10-5-6-11-20/h5-6,10-11,15H,4,7-9,12-14H2,1-3H3,(H2,17,18,19). The zero-order valence-electron chi connectivity index (χ0n) is 13.6. The van der Waals surface area contributed by atoms with Crippen molar-refractivity contribution in [1.82, 2.24) is 15.2 Å². The predicted octanol–water partition coefficient (Wildman–Crippen LogP) is 2.11. The lowest BCUT2D eigenvalue weighted by Crippen LogP contribution is -2.38. The van der Waals surface area contributed by atoms with E-state index in [1.165, 1.54) is 0 Å². The number of aromatic nitrogens is 1. The third-order valence-electron chi connectivity index (χ3n) is 2.84. The van der Waals surface area contributed by atoms with Crippen LogP contribution in [-0.2, 0) is 11.3 Å². The van der Waals surface area contributed by atoms with Crippen LogP contribution in [0.15, 0.2) is 29.5 Å². The fourth-order valence-corrected chi connectivity index (χ4v) is 1.84. The van der Waals surface area contributed by atoms with Crippen LogP contribution in [0.25, 0.3) is 0 Å². The van der Waals surface area contributed by atoms with Gasteiger partial charge in [0.1, 0.15) is 0 Å². The Morgan fingerprint density at radius 2 is 2.00 bits per heavy atom. The highest BCUT2D eigenvalue weighted by Crippen LogP contribution is 1.93. The Bertz CT molecular complexity index is 374. The lowest BCUT2D eigenvalue weighted by molar-refractivity contribution is 0.109. The second kappa shape index (κ2) is 11.2. The maximum atomic E-state index is 5.55. The summed E-state index contributed by atoms with van der Waals surface area (Å²) in [6, 6.07) is 4.08. The number of nitrogens with one attached hydrogen (secondary N) is 2. The topological polar surface area (TPSA) is 50.6 Å². The first-order valence-electron chi connectivity index (χ1n) is 7.93. The van der Waals surface area contributed by atoms with E-state index in [0.717, 1.165) is 51.8 Å². The van der Waals surface area contributed by atoms with Crippen molar-refractivity contribution in [3.63, 3.8) is 0 Å². The lowest BCUT2D eigenvalue weighted by atomic mass is 10.2. The van der Waals surface area contributed by atoms with Crippen LogP contribution in [0.5, 0.6) is 0 Å². The van der Waals surface area contributed by atoms with Gasteiger partial charge in [-0.15, -0.1) is 0 Å². The Kier molecular flexibility index (Phi) is 9.37. The lowest BCUT2D eigenvalue weighted by Gasteiger charge is -2.12. The molecule has 0 unspecified atom stereocenters. The second-order valence-corrected chi connectivity index (χ2v) is 5.43. The van der Waals surface area contributed by atoms with E-state index in [4.69, 9.17) is 4.74 Å². The highest BCUT2D eigenvalue weighted by atomic mass is 16.5. The number of hydrogen-bond acceptors (Lipinski definition) is 2. The van der Waals surface area contributed by atoms with Crippen molar-refractivity contribution in [2.24, 2.45) is 10.9 Å². The van der Waals surface area contributed by atoms with Gasteiger partial charge >= 0.3 is 0 Å². The Morgan fingerprint density at radius 1 is 1.24 bits per heavy atom. The van der Waals surface area contributed by atoms with Crippen LogP contribution in [-0.4, -0.2) is 43.4 Å². The minimum Gasteiger partial charge on any atom is -0.381 e. The molecule has 120 valence electrons. The smallest absolute Gasteiger partial charge is 0.191 e. The molecule has 0 fully saturated rings. The number of aliphatic imine (C=N–C) groups is 1. The summed E-state index contributed by atoms with van der Waals surface area (Å²) in [6.07, 6.45) is 5.09. The summed E-state index contributed by atoms with van der Waals surface area (Å²) >= 11 is 0. The maximum Gasteiger partial charge on any atom is 0.191 e. The molecule has 0 aliphatic carbocycles. The summed E-state index contributed by atoms with van der Waals surface area (Å²) in [5.74, 6) is 1.48. The zero-order valence-corrected chi connectivity index (χ0v) is 13.6. The molecule has 1 aromatic rings. The Balaban J connectivity index is 2.16. The van der Waals surface area contributed by atoms with Crippen LogP contribution in [0.4, 0.5) is 0 Å². The van der Waals surface area contributed by atoms with Gasteiger partial charge in [0.15, 0.2) is 5.96 Å². The number of rotatable bonds is 10. The molecule has 0 amide bonds. The van der Waals surface area contributed by atoms with Crippen LogP contribution in [0.3, 0.4) is 0 Å². The molecule has 0 atom stereocenters. The van der Waals surface area contributed by atoms with E-state index >= 15 is 0 Å². The molecule has 5 heteroatoms. The molecule has 21 heavy (non-hydrogen) atoms. The average molecular weight is 294 g/mol. The summed E-state index contributed by atoms with van der Waals surface area (Å²) in [6.45, 7) is 11.5. The fraction of sp³-hybridized carbons (Fsp3) is 0.688. The van der Waals surface area contributed by atoms with E-state index in [1.54, 1.807) is 0 Å². The van der Waals surface area contributed by atoms with Crippen molar-refractivity contribution in [2.45, 2.75) is 33.7 Å². The number of hydrogen-bond donors (Lipinski definition) is 2. The number of guanidine groups is 1. The van der Waals surface area contributed by atoms with Crippen LogP contribution < -0.4 is 10.6 Å². The monoisotopic (exact) mass is 294 g/mol. The van der Waals surface area contributed by atoms with Crippen molar-refractivity contribution in [3.05, 3.63) is 24.5 Å². The van der Waals surface area contributed by atoms with Crippen molar-refractivity contribution in [1.29, 1.82) is 0 Å². The predicted molar refractivity (Wildman–Crippen MR) is 88.7 cm³/mol. The van der Waals surface area contributed by atoms with Gasteiger partial charge in [0, 0.05) is 51.8 Å². The molecule has 5 nitrogen and oxygen atoms in total. The molecule has 0 aromatic carbocycles. The van der Waals surface area contributed by atoms with E-state index in [9.17, 15) is 0 Å². The minimum atomic E-state index is 0.598. The second-order valence-electron chi connectivity index (χ2n) is 5.43. The molecule has 0 aliphatic heterocycles. The maximum absolute atomic E-state index is 5.55. The Morgan fingerprint density at radius 3 is 2.67 bits per heavy atom. The number of ether oxygens (including phenoxy) is 1. The van der Waals surface area contributed by atoms with Gasteiger partial charge in [0.2, 0.25) is 0 Å². The highest BCUT2D eigenvalue weighted by molar-refractivity contribution is 5.79. The fourth-order valence-electron chi connectivity index (χ4n) is 1.84. The van der Waals surface area contributed by atoms with Gasteiger partial charge in [-0.25, -0.2) is 0 Å². The first-order chi connectivity index (χ1) is 10.2. The first kappa shape index (κ1) is 17.6. The van der Waals surface area contributed by atoms with Gasteiger partial charge in [-0.2, -0.15) is 0 Å². The number of nitrogens with zero attached hydrogens (tertiary/aromatic N) is 2. The van der Waals surface area contributed by atoms with E-state index < -0.39 is 0 Å². The summed E-state index contributed by atoms with van der Waals surface area (Å²) in [7, 11) is 0. The molecular formula is C16H30N4O. The molecular weight excluding hydrogens is 264 g/mol. The van der Waals surface area contributed by atoms with Crippen molar-refractivity contribution < 1.29 is 4.74 Å². The quantitative estimate of drug-likeness (QED) is 0.395. The molecule has 1 rings (SSSR count). The highest BCUT2D eigenvalue weighted by Gasteiger charge is 1.97. The molecule has 1 aromatic heterocycles. The third-order valence-corrected chi connectivity index (χ3v) is 2.84. The van der Waals surface area contributed by atoms with E-state index in [2.05, 4.69) is 53.4 Å². The van der Waals surface area contributed by atoms with E-state index in [-0.39, 0.29) is 0 Å². The van der Waals surface area contributed by atoms with Gasteiger partial charge in [0.25, 0.3) is 0 Å². The Labute approximate surface area is 128 Å². The SMILES string of the molecule is CCNC(=NCCCOCC(C)C)NCCn1cccc1. The van der Waals surface area contributed by atoms with Crippen molar-refractivity contribution in [3.8, 4) is 0 Å². The normalized spacial score (nSPS) is 11.9. The van der Waals surface area contributed by atoms with E-state index in [0.29, 0.717) is 5.92 Å². The summed E-state index contributed by atoms with van der Waals surface area (Å²) in [5, 5.41) is 6.61. The van der Waals surface area contributed by atoms with Crippen LogP contribution in [0.2, 0.25) is 0 Å². The summed E-state index contributed by atoms with van der Waals surface area (Å²) in [4.78, 5) is 4.55. The summed E-state index contributed by atoms with van der Waals surface area (Å²) in [5.41, 5.74) is 0. The molecule has 0 spiro atoms. The molecule has 0 aliphatic rings. The largest absolute Gasteiger partial charge is 0.381 e. The zero-order chi connectivity index (χ0) is 15.3. The first-order valence-corrected chi connectivity index (χ1v) is 7.93. The van der Waals surface area contributed by atoms with Gasteiger partial charge in [-0.3, -0.25) is 4.99 Å². The molecule has 0 radical (unpaired) electrons. The molecule has 1 heterocycles. The third kappa shape index (κ3) is 9.13. The van der Waals surface area contributed by atoms with Crippen LogP contribution >= 0.6 is 0 Å². The summed E-state index contributed by atoms with van der Waals surface area (Å²) < 4.78 is 7.70. The Hall–Kier alpha value is -1.49. The van der Waals surface area contributed by atoms with Crippen LogP contribution in [0, 0.1) is 5.92 Å². The van der Waals surface area contributed by atoms with E-state index in [1.807, 2.05) is 12.1 Å². The average Bonchev–Trinajstić information content (AvgIpc) is 2.95. The van der Waals surface area contributed by atoms with Crippen LogP contribution in [0.1, 0.15) is 27.2 Å². The van der Waals surface area contributed by atoms with Gasteiger partial charge in [-0.1, -0.05) is 13.8 Å². The molecule has 2 N–H and O–H groups in total. The van der Waals surface area contributed by atoms with Gasteiger partial charge in [0.05, 0.1) is 0 Å². The van der Waals surface area contributed by atoms with Gasteiger partial charge < -0.3 is 19.9 Å². The molecule has 0 saturated heterocycles. The van der Waals surface area contributed by atoms with Gasteiger partial charge in [-0.05, 0) is 31.4 Å². The van der Waals surface area contributed by atoms with Crippen molar-refractivity contribution >= 4 is 5.96 Å². The molecule has 0 saturated carbocycles. The van der Waals surface area contributed by atoms with Crippen molar-refractivity contribution in [2.75, 3.05) is 32.8 Å². The minimum absolute atomic E-state index is 0.598. The molecule has 0 bridgehead atoms.